The molecule has 18 heavy (non-hydrogen) atoms. The van der Waals surface area contributed by atoms with Crippen LogP contribution in [0.1, 0.15) is 5.56 Å². The highest BCUT2D eigenvalue weighted by molar-refractivity contribution is 6.36. The van der Waals surface area contributed by atoms with Crippen LogP contribution in [-0.2, 0) is 0 Å². The summed E-state index contributed by atoms with van der Waals surface area (Å²) in [6, 6.07) is 7.39. The van der Waals surface area contributed by atoms with E-state index in [-0.39, 0.29) is 20.8 Å². The van der Waals surface area contributed by atoms with Crippen LogP contribution in [0.15, 0.2) is 24.3 Å². The molecular weight excluding hydrogens is 298 g/mol. The predicted octanol–water partition coefficient (Wildman–Crippen LogP) is 4.72. The molecule has 0 atom stereocenters. The summed E-state index contributed by atoms with van der Waals surface area (Å²) in [7, 11) is 0. The van der Waals surface area contributed by atoms with Crippen molar-refractivity contribution in [2.75, 3.05) is 0 Å². The lowest BCUT2D eigenvalue weighted by Gasteiger charge is -2.06. The summed E-state index contributed by atoms with van der Waals surface area (Å²) in [6.45, 7) is 0. The highest BCUT2D eigenvalue weighted by atomic mass is 35.5. The lowest BCUT2D eigenvalue weighted by Crippen LogP contribution is -1.90. The monoisotopic (exact) mass is 300 g/mol. The number of hydrogen-bond acceptors (Lipinski definition) is 2. The first kappa shape index (κ1) is 13.1. The molecule has 1 aromatic heterocycles. The molecule has 0 aliphatic heterocycles. The molecule has 0 fully saturated rings. The topological polar surface area (TPSA) is 36.7 Å². The lowest BCUT2D eigenvalue weighted by molar-refractivity contribution is 0.628. The fourth-order valence-electron chi connectivity index (χ4n) is 1.39. The van der Waals surface area contributed by atoms with Crippen molar-refractivity contribution >= 4 is 34.8 Å². The van der Waals surface area contributed by atoms with Crippen molar-refractivity contribution in [2.45, 2.75) is 0 Å². The Morgan fingerprint density at radius 3 is 2.44 bits per heavy atom. The first-order valence-electron chi connectivity index (χ1n) is 4.74. The van der Waals surface area contributed by atoms with Gasteiger partial charge in [0, 0.05) is 5.56 Å². The maximum Gasteiger partial charge on any atom is 0.147 e. The van der Waals surface area contributed by atoms with Crippen LogP contribution in [0.3, 0.4) is 0 Å². The normalized spacial score (nSPS) is 10.2. The largest absolute Gasteiger partial charge is 0.235 e. The van der Waals surface area contributed by atoms with E-state index in [1.165, 1.54) is 18.2 Å². The van der Waals surface area contributed by atoms with Gasteiger partial charge in [0.05, 0.1) is 21.3 Å². The molecule has 0 radical (unpaired) electrons. The maximum absolute atomic E-state index is 13.4. The van der Waals surface area contributed by atoms with Crippen molar-refractivity contribution in [1.29, 1.82) is 5.26 Å². The molecule has 0 aliphatic rings. The minimum atomic E-state index is -0.599. The van der Waals surface area contributed by atoms with Crippen LogP contribution in [0.5, 0.6) is 0 Å². The van der Waals surface area contributed by atoms with Gasteiger partial charge in [-0.1, -0.05) is 34.8 Å². The van der Waals surface area contributed by atoms with E-state index in [2.05, 4.69) is 4.98 Å². The van der Waals surface area contributed by atoms with Gasteiger partial charge in [0.1, 0.15) is 17.0 Å². The van der Waals surface area contributed by atoms with Gasteiger partial charge in [-0.25, -0.2) is 9.37 Å². The van der Waals surface area contributed by atoms with E-state index < -0.39 is 5.82 Å². The Balaban J connectivity index is 2.60. The number of rotatable bonds is 1. The molecule has 0 saturated carbocycles. The SMILES string of the molecule is N#Cc1ccc(-c2cc(F)c(Cl)cc2Cl)nc1Cl. The minimum absolute atomic E-state index is 0.0430. The van der Waals surface area contributed by atoms with E-state index >= 15 is 0 Å². The van der Waals surface area contributed by atoms with Crippen molar-refractivity contribution in [3.8, 4) is 17.3 Å². The zero-order valence-electron chi connectivity index (χ0n) is 8.72. The maximum atomic E-state index is 13.4. The Labute approximate surface area is 118 Å². The average Bonchev–Trinajstić information content (AvgIpc) is 2.33. The van der Waals surface area contributed by atoms with E-state index in [0.717, 1.165) is 0 Å². The van der Waals surface area contributed by atoms with E-state index in [1.54, 1.807) is 6.07 Å². The van der Waals surface area contributed by atoms with Crippen molar-refractivity contribution in [3.05, 3.63) is 50.8 Å². The second-order valence-electron chi connectivity index (χ2n) is 3.39. The molecule has 6 heteroatoms. The Hall–Kier alpha value is -1.34. The van der Waals surface area contributed by atoms with E-state index in [1.807, 2.05) is 6.07 Å². The third kappa shape index (κ3) is 2.41. The summed E-state index contributed by atoms with van der Waals surface area (Å²) in [5.41, 5.74) is 0.982. The van der Waals surface area contributed by atoms with E-state index in [0.29, 0.717) is 11.3 Å². The van der Waals surface area contributed by atoms with Gasteiger partial charge < -0.3 is 0 Å². The molecule has 2 aromatic rings. The fraction of sp³-hybridized carbons (Fsp3) is 0. The predicted molar refractivity (Wildman–Crippen MR) is 69.4 cm³/mol. The molecule has 1 heterocycles. The molecule has 2 nitrogen and oxygen atoms in total. The zero-order valence-corrected chi connectivity index (χ0v) is 11.0. The summed E-state index contributed by atoms with van der Waals surface area (Å²) < 4.78 is 13.4. The quantitative estimate of drug-likeness (QED) is 0.564. The molecule has 0 spiro atoms. The summed E-state index contributed by atoms with van der Waals surface area (Å²) >= 11 is 17.4. The first-order chi connectivity index (χ1) is 8.52. The molecule has 0 saturated heterocycles. The van der Waals surface area contributed by atoms with Crippen LogP contribution >= 0.6 is 34.8 Å². The second-order valence-corrected chi connectivity index (χ2v) is 4.57. The first-order valence-corrected chi connectivity index (χ1v) is 5.88. The Bertz CT molecular complexity index is 665. The van der Waals surface area contributed by atoms with Gasteiger partial charge in [-0.3, -0.25) is 0 Å². The Morgan fingerprint density at radius 1 is 1.11 bits per heavy atom. The van der Waals surface area contributed by atoms with Crippen LogP contribution in [0.4, 0.5) is 4.39 Å². The van der Waals surface area contributed by atoms with Gasteiger partial charge in [0.2, 0.25) is 0 Å². The molecule has 0 bridgehead atoms. The molecule has 0 aliphatic carbocycles. The number of halogens is 4. The van der Waals surface area contributed by atoms with Crippen LogP contribution in [0, 0.1) is 17.1 Å². The summed E-state index contributed by atoms with van der Waals surface area (Å²) in [5.74, 6) is -0.599. The van der Waals surface area contributed by atoms with Crippen LogP contribution in [0.25, 0.3) is 11.3 Å². The molecular formula is C12H4Cl3FN2. The third-order valence-corrected chi connectivity index (χ3v) is 3.15. The van der Waals surface area contributed by atoms with Gasteiger partial charge >= 0.3 is 0 Å². The number of aromatic nitrogens is 1. The van der Waals surface area contributed by atoms with E-state index in [4.69, 9.17) is 40.1 Å². The van der Waals surface area contributed by atoms with Crippen LogP contribution < -0.4 is 0 Å². The van der Waals surface area contributed by atoms with Gasteiger partial charge in [0.25, 0.3) is 0 Å². The van der Waals surface area contributed by atoms with Gasteiger partial charge in [-0.15, -0.1) is 0 Å². The molecule has 0 N–H and O–H groups in total. The van der Waals surface area contributed by atoms with Gasteiger partial charge in [0.15, 0.2) is 0 Å². The second kappa shape index (κ2) is 5.11. The number of nitriles is 1. The molecule has 0 unspecified atom stereocenters. The Morgan fingerprint density at radius 2 is 1.83 bits per heavy atom. The lowest BCUT2D eigenvalue weighted by atomic mass is 10.1. The van der Waals surface area contributed by atoms with Gasteiger partial charge in [-0.05, 0) is 24.3 Å². The highest BCUT2D eigenvalue weighted by Crippen LogP contribution is 2.32. The minimum Gasteiger partial charge on any atom is -0.235 e. The number of nitrogens with zero attached hydrogens (tertiary/aromatic N) is 2. The van der Waals surface area contributed by atoms with Crippen molar-refractivity contribution < 1.29 is 4.39 Å². The van der Waals surface area contributed by atoms with E-state index in [9.17, 15) is 4.39 Å². The molecule has 0 amide bonds. The standard InChI is InChI=1S/C12H4Cl3FN2/c13-8-4-9(14)10(16)3-7(8)11-2-1-6(5-17)12(15)18-11/h1-4H. The summed E-state index contributed by atoms with van der Waals surface area (Å²) in [4.78, 5) is 3.99. The summed E-state index contributed by atoms with van der Waals surface area (Å²) in [6.07, 6.45) is 0. The van der Waals surface area contributed by atoms with Crippen molar-refractivity contribution in [2.24, 2.45) is 0 Å². The van der Waals surface area contributed by atoms with Crippen molar-refractivity contribution in [3.63, 3.8) is 0 Å². The Kier molecular flexibility index (Phi) is 3.72. The smallest absolute Gasteiger partial charge is 0.147 e. The zero-order chi connectivity index (χ0) is 13.3. The van der Waals surface area contributed by atoms with Crippen molar-refractivity contribution in [1.82, 2.24) is 4.98 Å². The van der Waals surface area contributed by atoms with Gasteiger partial charge in [-0.2, -0.15) is 5.26 Å². The fourth-order valence-corrected chi connectivity index (χ4v) is 2.06. The number of pyridine rings is 1. The molecule has 2 rings (SSSR count). The third-order valence-electron chi connectivity index (χ3n) is 2.26. The number of hydrogen-bond donors (Lipinski definition) is 0. The number of benzene rings is 1. The van der Waals surface area contributed by atoms with Crippen LogP contribution in [-0.4, -0.2) is 4.98 Å². The summed E-state index contributed by atoms with van der Waals surface area (Å²) in [5, 5.41) is 8.97. The molecule has 90 valence electrons. The highest BCUT2D eigenvalue weighted by Gasteiger charge is 2.12. The average molecular weight is 302 g/mol. The van der Waals surface area contributed by atoms with Crippen LogP contribution in [0.2, 0.25) is 15.2 Å². The molecule has 1 aromatic carbocycles.